The van der Waals surface area contributed by atoms with Crippen molar-refractivity contribution in [1.29, 1.82) is 0 Å². The zero-order valence-electron chi connectivity index (χ0n) is 11.1. The number of hydrogen-bond donors (Lipinski definition) is 0. The smallest absolute Gasteiger partial charge is 0.185 e. The molecule has 1 aromatic carbocycles. The number of hydrogen-bond acceptors (Lipinski definition) is 4. The van der Waals surface area contributed by atoms with E-state index >= 15 is 0 Å². The zero-order chi connectivity index (χ0) is 15.5. The minimum Gasteiger partial charge on any atom is -0.462 e. The first-order valence-electron chi connectivity index (χ1n) is 6.30. The molecule has 3 rings (SSSR count). The zero-order valence-corrected chi connectivity index (χ0v) is 13.5. The Bertz CT molecular complexity index is 838. The van der Waals surface area contributed by atoms with E-state index in [-0.39, 0.29) is 5.78 Å². The summed E-state index contributed by atoms with van der Waals surface area (Å²) in [5.41, 5.74) is 1.18. The third kappa shape index (κ3) is 3.30. The van der Waals surface area contributed by atoms with Gasteiger partial charge in [-0.3, -0.25) is 4.79 Å². The van der Waals surface area contributed by atoms with Gasteiger partial charge in [-0.25, -0.2) is 4.98 Å². The molecule has 2 heterocycles. The molecule has 110 valence electrons. The number of ketones is 1. The topological polar surface area (TPSA) is 43.1 Å². The Morgan fingerprint density at radius 3 is 2.82 bits per heavy atom. The molecule has 0 amide bonds. The second-order valence-electron chi connectivity index (χ2n) is 4.38. The van der Waals surface area contributed by atoms with Crippen LogP contribution < -0.4 is 0 Å². The summed E-state index contributed by atoms with van der Waals surface area (Å²) in [6.45, 7) is 0. The molecule has 0 saturated heterocycles. The van der Waals surface area contributed by atoms with Crippen molar-refractivity contribution >= 4 is 46.4 Å². The molecule has 0 bridgehead atoms. The van der Waals surface area contributed by atoms with E-state index in [1.54, 1.807) is 36.6 Å². The predicted octanol–water partition coefficient (Wildman–Crippen LogP) is 5.61. The summed E-state index contributed by atoms with van der Waals surface area (Å²) in [7, 11) is 0. The second-order valence-corrected chi connectivity index (χ2v) is 6.05. The highest BCUT2D eigenvalue weighted by Crippen LogP contribution is 2.25. The van der Waals surface area contributed by atoms with Crippen LogP contribution in [0.25, 0.3) is 16.8 Å². The number of benzene rings is 1. The monoisotopic (exact) mass is 349 g/mol. The number of allylic oxidation sites excluding steroid dienone is 1. The van der Waals surface area contributed by atoms with Crippen molar-refractivity contribution in [3.05, 3.63) is 69.4 Å². The van der Waals surface area contributed by atoms with E-state index in [1.807, 2.05) is 11.4 Å². The van der Waals surface area contributed by atoms with Gasteiger partial charge in [-0.05, 0) is 42.5 Å². The molecule has 0 aliphatic rings. The predicted molar refractivity (Wildman–Crippen MR) is 89.6 cm³/mol. The van der Waals surface area contributed by atoms with Gasteiger partial charge in [0.2, 0.25) is 0 Å². The van der Waals surface area contributed by atoms with Crippen molar-refractivity contribution < 1.29 is 9.21 Å². The molecule has 0 unspecified atom stereocenters. The number of carbonyl (C=O) groups is 1. The van der Waals surface area contributed by atoms with E-state index in [0.29, 0.717) is 27.1 Å². The molecule has 6 heteroatoms. The fourth-order valence-corrected chi connectivity index (χ4v) is 2.83. The van der Waals surface area contributed by atoms with Crippen LogP contribution in [-0.2, 0) is 0 Å². The summed E-state index contributed by atoms with van der Waals surface area (Å²) in [6, 6.07) is 8.43. The van der Waals surface area contributed by atoms with Gasteiger partial charge in [0.05, 0.1) is 22.0 Å². The molecule has 0 aliphatic heterocycles. The fraction of sp³-hybridized carbons (Fsp3) is 0. The Balaban J connectivity index is 1.76. The van der Waals surface area contributed by atoms with E-state index in [4.69, 9.17) is 27.6 Å². The van der Waals surface area contributed by atoms with E-state index in [1.165, 1.54) is 17.4 Å². The number of thiazole rings is 1. The molecule has 0 radical (unpaired) electrons. The van der Waals surface area contributed by atoms with Crippen LogP contribution in [0, 0.1) is 0 Å². The number of nitrogens with zero attached hydrogens (tertiary/aromatic N) is 1. The first kappa shape index (κ1) is 15.0. The van der Waals surface area contributed by atoms with Crippen LogP contribution in [0.5, 0.6) is 0 Å². The van der Waals surface area contributed by atoms with Gasteiger partial charge >= 0.3 is 0 Å². The van der Waals surface area contributed by atoms with Crippen molar-refractivity contribution in [2.24, 2.45) is 0 Å². The van der Waals surface area contributed by atoms with Gasteiger partial charge in [0.15, 0.2) is 16.6 Å². The van der Waals surface area contributed by atoms with E-state index in [9.17, 15) is 4.79 Å². The quantitative estimate of drug-likeness (QED) is 0.454. The Labute approximate surface area is 140 Å². The van der Waals surface area contributed by atoms with Crippen LogP contribution >= 0.6 is 34.5 Å². The third-order valence-electron chi connectivity index (χ3n) is 2.86. The molecular formula is C16H9Cl2NO2S. The number of carbonyl (C=O) groups excluding carboxylic acids is 1. The minimum absolute atomic E-state index is 0.161. The van der Waals surface area contributed by atoms with Crippen LogP contribution in [0.15, 0.2) is 52.5 Å². The minimum atomic E-state index is -0.161. The average Bonchev–Trinajstić information content (AvgIpc) is 3.18. The highest BCUT2D eigenvalue weighted by atomic mass is 35.5. The Morgan fingerprint density at radius 2 is 2.09 bits per heavy atom. The average molecular weight is 350 g/mol. The first-order valence-corrected chi connectivity index (χ1v) is 7.94. The molecule has 3 aromatic rings. The second kappa shape index (κ2) is 6.48. The lowest BCUT2D eigenvalue weighted by molar-refractivity contribution is 0.104. The van der Waals surface area contributed by atoms with Crippen LogP contribution in [0.2, 0.25) is 10.0 Å². The number of furan rings is 1. The van der Waals surface area contributed by atoms with Gasteiger partial charge in [0.1, 0.15) is 0 Å². The summed E-state index contributed by atoms with van der Waals surface area (Å²) < 4.78 is 5.28. The summed E-state index contributed by atoms with van der Waals surface area (Å²) >= 11 is 13.2. The molecule has 22 heavy (non-hydrogen) atoms. The molecule has 0 atom stereocenters. The van der Waals surface area contributed by atoms with Crippen molar-refractivity contribution in [3.8, 4) is 10.8 Å². The first-order chi connectivity index (χ1) is 10.6. The molecule has 0 fully saturated rings. The lowest BCUT2D eigenvalue weighted by atomic mass is 10.1. The van der Waals surface area contributed by atoms with Crippen LogP contribution in [0.1, 0.15) is 16.1 Å². The van der Waals surface area contributed by atoms with E-state index < -0.39 is 0 Å². The molecule has 0 saturated carbocycles. The molecule has 0 aliphatic carbocycles. The summed E-state index contributed by atoms with van der Waals surface area (Å²) in [5, 5.41) is 3.40. The third-order valence-corrected chi connectivity index (χ3v) is 4.48. The van der Waals surface area contributed by atoms with Crippen LogP contribution in [-0.4, -0.2) is 10.8 Å². The lowest BCUT2D eigenvalue weighted by Gasteiger charge is -1.98. The van der Waals surface area contributed by atoms with Gasteiger partial charge in [0.25, 0.3) is 0 Å². The Hall–Kier alpha value is -1.88. The number of rotatable bonds is 4. The number of halogens is 2. The van der Waals surface area contributed by atoms with Gasteiger partial charge in [-0.15, -0.1) is 11.3 Å². The van der Waals surface area contributed by atoms with E-state index in [0.717, 1.165) is 5.01 Å². The van der Waals surface area contributed by atoms with Gasteiger partial charge < -0.3 is 4.42 Å². The molecule has 2 aromatic heterocycles. The Morgan fingerprint density at radius 1 is 1.23 bits per heavy atom. The molecule has 0 spiro atoms. The van der Waals surface area contributed by atoms with Crippen LogP contribution in [0.4, 0.5) is 0 Å². The number of aromatic nitrogens is 1. The maximum atomic E-state index is 12.1. The maximum Gasteiger partial charge on any atom is 0.185 e. The van der Waals surface area contributed by atoms with E-state index in [2.05, 4.69) is 4.98 Å². The highest BCUT2D eigenvalue weighted by molar-refractivity contribution is 7.13. The van der Waals surface area contributed by atoms with Crippen molar-refractivity contribution in [2.75, 3.05) is 0 Å². The molecular weight excluding hydrogens is 341 g/mol. The van der Waals surface area contributed by atoms with Crippen molar-refractivity contribution in [2.45, 2.75) is 0 Å². The summed E-state index contributed by atoms with van der Waals surface area (Å²) in [6.07, 6.45) is 4.72. The standard InChI is InChI=1S/C16H9Cl2NO2S/c17-12-5-3-10(8-13(12)18)14(20)6-4-11-9-22-16(19-11)15-2-1-7-21-15/h1-9H. The summed E-state index contributed by atoms with van der Waals surface area (Å²) in [5.74, 6) is 0.548. The van der Waals surface area contributed by atoms with Gasteiger partial charge in [0, 0.05) is 10.9 Å². The lowest BCUT2D eigenvalue weighted by Crippen LogP contribution is -1.93. The highest BCUT2D eigenvalue weighted by Gasteiger charge is 2.07. The molecule has 3 nitrogen and oxygen atoms in total. The normalized spacial score (nSPS) is 11.2. The fourth-order valence-electron chi connectivity index (χ4n) is 1.78. The van der Waals surface area contributed by atoms with Gasteiger partial charge in [-0.1, -0.05) is 23.2 Å². The SMILES string of the molecule is O=C(C=Cc1csc(-c2ccco2)n1)c1ccc(Cl)c(Cl)c1. The Kier molecular flexibility index (Phi) is 4.43. The van der Waals surface area contributed by atoms with Gasteiger partial charge in [-0.2, -0.15) is 0 Å². The van der Waals surface area contributed by atoms with Crippen molar-refractivity contribution in [1.82, 2.24) is 4.98 Å². The largest absolute Gasteiger partial charge is 0.462 e. The molecule has 0 N–H and O–H groups in total. The van der Waals surface area contributed by atoms with Crippen LogP contribution in [0.3, 0.4) is 0 Å². The van der Waals surface area contributed by atoms with Crippen molar-refractivity contribution in [3.63, 3.8) is 0 Å². The maximum absolute atomic E-state index is 12.1. The summed E-state index contributed by atoms with van der Waals surface area (Å²) in [4.78, 5) is 16.5.